The molecule has 0 radical (unpaired) electrons. The first-order valence-electron chi connectivity index (χ1n) is 5.09. The summed E-state index contributed by atoms with van der Waals surface area (Å²) in [5.74, 6) is 4.03. The predicted molar refractivity (Wildman–Crippen MR) is 65.7 cm³/mol. The van der Waals surface area contributed by atoms with E-state index in [-0.39, 0.29) is 0 Å². The smallest absolute Gasteiger partial charge is 0.134 e. The molecule has 1 aromatic heterocycles. The van der Waals surface area contributed by atoms with Crippen LogP contribution in [-0.2, 0) is 0 Å². The van der Waals surface area contributed by atoms with Crippen molar-refractivity contribution >= 4 is 29.2 Å². The van der Waals surface area contributed by atoms with Crippen molar-refractivity contribution in [2.24, 2.45) is 0 Å². The third-order valence-corrected chi connectivity index (χ3v) is 3.62. The van der Waals surface area contributed by atoms with Crippen LogP contribution in [0.5, 0.6) is 0 Å². The molecule has 1 saturated heterocycles. The van der Waals surface area contributed by atoms with E-state index < -0.39 is 0 Å². The number of anilines is 1. The zero-order valence-electron chi connectivity index (χ0n) is 8.66. The average molecular weight is 244 g/mol. The first-order valence-corrected chi connectivity index (χ1v) is 6.63. The van der Waals surface area contributed by atoms with Crippen LogP contribution in [0.4, 0.5) is 5.82 Å². The molecule has 1 aliphatic heterocycles. The fourth-order valence-electron chi connectivity index (χ4n) is 1.66. The van der Waals surface area contributed by atoms with Gasteiger partial charge in [0.05, 0.1) is 0 Å². The first-order chi connectivity index (χ1) is 7.24. The quantitative estimate of drug-likeness (QED) is 0.811. The van der Waals surface area contributed by atoms with Crippen LogP contribution < -0.4 is 5.32 Å². The largest absolute Gasteiger partial charge is 0.367 e. The lowest BCUT2D eigenvalue weighted by molar-refractivity contribution is 0.663. The number of nitrogens with zero attached hydrogens (tertiary/aromatic N) is 2. The highest BCUT2D eigenvalue weighted by molar-refractivity contribution is 7.99. The minimum absolute atomic E-state index is 0.509. The normalized spacial score (nSPS) is 17.7. The van der Waals surface area contributed by atoms with Crippen molar-refractivity contribution < 1.29 is 0 Å². The summed E-state index contributed by atoms with van der Waals surface area (Å²) in [6, 6.07) is 2.33. The lowest BCUT2D eigenvalue weighted by atomic mass is 10.1. The number of hydrogen-bond donors (Lipinski definition) is 1. The van der Waals surface area contributed by atoms with Crippen LogP contribution in [0.25, 0.3) is 0 Å². The predicted octanol–water partition coefficient (Wildman–Crippen LogP) is 2.75. The second kappa shape index (κ2) is 5.03. The molecule has 2 heterocycles. The van der Waals surface area contributed by atoms with Gasteiger partial charge in [0.2, 0.25) is 0 Å². The fourth-order valence-corrected chi connectivity index (χ4v) is 2.99. The number of halogens is 1. The van der Waals surface area contributed by atoms with Crippen molar-refractivity contribution in [2.75, 3.05) is 16.8 Å². The van der Waals surface area contributed by atoms with Crippen molar-refractivity contribution in [3.8, 4) is 0 Å². The Bertz CT molecular complexity index is 319. The van der Waals surface area contributed by atoms with E-state index in [2.05, 4.69) is 15.3 Å². The lowest BCUT2D eigenvalue weighted by Crippen LogP contribution is -2.25. The second-order valence-electron chi connectivity index (χ2n) is 3.65. The van der Waals surface area contributed by atoms with Gasteiger partial charge < -0.3 is 5.32 Å². The summed E-state index contributed by atoms with van der Waals surface area (Å²) in [4.78, 5) is 8.35. The molecule has 0 bridgehead atoms. The lowest BCUT2D eigenvalue weighted by Gasteiger charge is -2.23. The Labute approximate surface area is 99.0 Å². The molecule has 0 unspecified atom stereocenters. The monoisotopic (exact) mass is 243 g/mol. The molecule has 0 aromatic carbocycles. The van der Waals surface area contributed by atoms with Crippen LogP contribution in [0.1, 0.15) is 18.7 Å². The number of nitrogens with one attached hydrogen (secondary N) is 1. The molecule has 1 aromatic rings. The summed E-state index contributed by atoms with van der Waals surface area (Å²) in [5, 5.41) is 3.92. The van der Waals surface area contributed by atoms with Crippen molar-refractivity contribution in [2.45, 2.75) is 25.8 Å². The van der Waals surface area contributed by atoms with Crippen molar-refractivity contribution in [1.29, 1.82) is 0 Å². The summed E-state index contributed by atoms with van der Waals surface area (Å²) < 4.78 is 0. The maximum atomic E-state index is 5.87. The minimum Gasteiger partial charge on any atom is -0.367 e. The molecule has 0 saturated carbocycles. The van der Waals surface area contributed by atoms with Crippen molar-refractivity contribution in [3.05, 3.63) is 17.0 Å². The zero-order valence-corrected chi connectivity index (χ0v) is 10.2. The van der Waals surface area contributed by atoms with Crippen LogP contribution in [0.3, 0.4) is 0 Å². The Morgan fingerprint density at radius 2 is 2.13 bits per heavy atom. The van der Waals surface area contributed by atoms with Gasteiger partial charge in [-0.1, -0.05) is 11.6 Å². The molecule has 1 N–H and O–H groups in total. The highest BCUT2D eigenvalue weighted by Gasteiger charge is 2.14. The SMILES string of the molecule is Cc1nc(Cl)cc(NC2CCSCC2)n1. The highest BCUT2D eigenvalue weighted by atomic mass is 35.5. The second-order valence-corrected chi connectivity index (χ2v) is 5.27. The van der Waals surface area contributed by atoms with Gasteiger partial charge >= 0.3 is 0 Å². The molecule has 2 rings (SSSR count). The van der Waals surface area contributed by atoms with E-state index in [0.29, 0.717) is 11.2 Å². The third-order valence-electron chi connectivity index (χ3n) is 2.38. The molecule has 15 heavy (non-hydrogen) atoms. The van der Waals surface area contributed by atoms with Gasteiger partial charge in [-0.15, -0.1) is 0 Å². The first kappa shape index (κ1) is 11.0. The summed E-state index contributed by atoms with van der Waals surface area (Å²) in [6.45, 7) is 1.85. The maximum absolute atomic E-state index is 5.87. The Balaban J connectivity index is 2.02. The van der Waals surface area contributed by atoms with Gasteiger partial charge in [0, 0.05) is 12.1 Å². The number of rotatable bonds is 2. The molecular formula is C10H14ClN3S. The molecular weight excluding hydrogens is 230 g/mol. The number of hydrogen-bond acceptors (Lipinski definition) is 4. The molecule has 3 nitrogen and oxygen atoms in total. The van der Waals surface area contributed by atoms with Crippen molar-refractivity contribution in [1.82, 2.24) is 9.97 Å². The van der Waals surface area contributed by atoms with Gasteiger partial charge in [-0.25, -0.2) is 9.97 Å². The molecule has 0 amide bonds. The van der Waals surface area contributed by atoms with Crippen LogP contribution in [0.15, 0.2) is 6.07 Å². The maximum Gasteiger partial charge on any atom is 0.134 e. The molecule has 1 aliphatic rings. The van der Waals surface area contributed by atoms with Gasteiger partial charge in [0.1, 0.15) is 16.8 Å². The Kier molecular flexibility index (Phi) is 3.70. The number of thioether (sulfide) groups is 1. The summed E-state index contributed by atoms with van der Waals surface area (Å²) in [5.41, 5.74) is 0. The molecule has 0 atom stereocenters. The minimum atomic E-state index is 0.509. The molecule has 5 heteroatoms. The molecule has 0 spiro atoms. The molecule has 1 fully saturated rings. The summed E-state index contributed by atoms with van der Waals surface area (Å²) >= 11 is 7.89. The standard InChI is InChI=1S/C10H14ClN3S/c1-7-12-9(11)6-10(13-7)14-8-2-4-15-5-3-8/h6,8H,2-5H2,1H3,(H,12,13,14). The van der Waals surface area contributed by atoms with Gasteiger partial charge in [0.25, 0.3) is 0 Å². The van der Waals surface area contributed by atoms with E-state index in [1.165, 1.54) is 24.3 Å². The van der Waals surface area contributed by atoms with Gasteiger partial charge in [-0.2, -0.15) is 11.8 Å². The Hall–Kier alpha value is -0.480. The Morgan fingerprint density at radius 1 is 1.40 bits per heavy atom. The van der Waals surface area contributed by atoms with Crippen LogP contribution in [0.2, 0.25) is 5.15 Å². The average Bonchev–Trinajstić information content (AvgIpc) is 2.17. The van der Waals surface area contributed by atoms with Gasteiger partial charge in [-0.05, 0) is 31.3 Å². The van der Waals surface area contributed by atoms with Crippen LogP contribution in [0, 0.1) is 6.92 Å². The van der Waals surface area contributed by atoms with Crippen LogP contribution >= 0.6 is 23.4 Å². The van der Waals surface area contributed by atoms with E-state index in [1.54, 1.807) is 6.07 Å². The molecule has 0 aliphatic carbocycles. The third kappa shape index (κ3) is 3.24. The van der Waals surface area contributed by atoms with Gasteiger partial charge in [-0.3, -0.25) is 0 Å². The van der Waals surface area contributed by atoms with Crippen LogP contribution in [-0.4, -0.2) is 27.5 Å². The van der Waals surface area contributed by atoms with Gasteiger partial charge in [0.15, 0.2) is 0 Å². The highest BCUT2D eigenvalue weighted by Crippen LogP contribution is 2.21. The van der Waals surface area contributed by atoms with E-state index in [0.717, 1.165) is 11.6 Å². The van der Waals surface area contributed by atoms with E-state index in [9.17, 15) is 0 Å². The topological polar surface area (TPSA) is 37.8 Å². The van der Waals surface area contributed by atoms with E-state index in [4.69, 9.17) is 11.6 Å². The fraction of sp³-hybridized carbons (Fsp3) is 0.600. The summed E-state index contributed by atoms with van der Waals surface area (Å²) in [6.07, 6.45) is 2.40. The summed E-state index contributed by atoms with van der Waals surface area (Å²) in [7, 11) is 0. The number of aromatic nitrogens is 2. The number of aryl methyl sites for hydroxylation is 1. The molecule has 82 valence electrons. The van der Waals surface area contributed by atoms with Crippen molar-refractivity contribution in [3.63, 3.8) is 0 Å². The Morgan fingerprint density at radius 3 is 2.80 bits per heavy atom. The van der Waals surface area contributed by atoms with E-state index in [1.807, 2.05) is 18.7 Å². The zero-order chi connectivity index (χ0) is 10.7. The van der Waals surface area contributed by atoms with E-state index >= 15 is 0 Å².